The van der Waals surface area contributed by atoms with E-state index in [2.05, 4.69) is 60.0 Å². The van der Waals surface area contributed by atoms with Crippen molar-refractivity contribution in [2.75, 3.05) is 0 Å². The average Bonchev–Trinajstić information content (AvgIpc) is 2.99. The first kappa shape index (κ1) is 18.8. The Hall–Kier alpha value is -0.581. The molecular formula is C19H33N3Sn. The molecule has 2 aromatic rings. The van der Waals surface area contributed by atoms with Crippen LogP contribution < -0.4 is 0 Å². The van der Waals surface area contributed by atoms with Crippen LogP contribution in [-0.2, 0) is 4.56 Å². The van der Waals surface area contributed by atoms with Gasteiger partial charge in [-0.2, -0.15) is 0 Å². The minimum absolute atomic E-state index is 1.05. The van der Waals surface area contributed by atoms with Crippen molar-refractivity contribution in [2.45, 2.75) is 77.2 Å². The van der Waals surface area contributed by atoms with Crippen molar-refractivity contribution in [1.29, 1.82) is 0 Å². The van der Waals surface area contributed by atoms with Crippen molar-refractivity contribution in [3.63, 3.8) is 0 Å². The number of hydrogen-bond acceptors (Lipinski definition) is 2. The van der Waals surface area contributed by atoms with Gasteiger partial charge in [-0.15, -0.1) is 0 Å². The molecule has 0 amide bonds. The summed E-state index contributed by atoms with van der Waals surface area (Å²) in [7, 11) is 0. The fraction of sp³-hybridized carbons (Fsp3) is 0.684. The Balaban J connectivity index is 2.25. The predicted octanol–water partition coefficient (Wildman–Crippen LogP) is 5.82. The molecule has 0 radical (unpaired) electrons. The van der Waals surface area contributed by atoms with Crippen LogP contribution in [0.1, 0.15) is 59.3 Å². The fourth-order valence-corrected chi connectivity index (χ4v) is 19.0. The van der Waals surface area contributed by atoms with Gasteiger partial charge in [0.25, 0.3) is 0 Å². The van der Waals surface area contributed by atoms with Crippen molar-refractivity contribution >= 4 is 29.4 Å². The average molecular weight is 422 g/mol. The van der Waals surface area contributed by atoms with E-state index in [1.165, 1.54) is 61.9 Å². The second-order valence-corrected chi connectivity index (χ2v) is 20.8. The molecule has 0 atom stereocenters. The Kier molecular flexibility index (Phi) is 7.87. The maximum absolute atomic E-state index is 4.52. The van der Waals surface area contributed by atoms with Gasteiger partial charge in [-0.3, -0.25) is 0 Å². The second kappa shape index (κ2) is 9.65. The third kappa shape index (κ3) is 5.20. The Morgan fingerprint density at radius 1 is 0.870 bits per heavy atom. The molecule has 0 fully saturated rings. The summed E-state index contributed by atoms with van der Waals surface area (Å²) < 4.78 is 8.07. The van der Waals surface area contributed by atoms with Gasteiger partial charge in [0.05, 0.1) is 0 Å². The normalized spacial score (nSPS) is 12.1. The van der Waals surface area contributed by atoms with Crippen LogP contribution in [0.25, 0.3) is 11.0 Å². The number of hydrogen-bond donors (Lipinski definition) is 0. The molecule has 0 saturated carbocycles. The van der Waals surface area contributed by atoms with Gasteiger partial charge in [-0.05, 0) is 0 Å². The third-order valence-electron chi connectivity index (χ3n) is 5.09. The molecule has 0 N–H and O–H groups in total. The van der Waals surface area contributed by atoms with E-state index in [1.54, 1.807) is 0 Å². The number of unbranched alkanes of at least 4 members (excludes halogenated alkanes) is 3. The first-order valence-corrected chi connectivity index (χ1v) is 17.6. The van der Waals surface area contributed by atoms with E-state index in [-0.39, 0.29) is 0 Å². The van der Waals surface area contributed by atoms with Crippen molar-refractivity contribution in [2.24, 2.45) is 0 Å². The summed E-state index contributed by atoms with van der Waals surface area (Å²) in [5.74, 6) is 0. The van der Waals surface area contributed by atoms with Crippen molar-refractivity contribution in [1.82, 2.24) is 15.0 Å². The van der Waals surface area contributed by atoms with Gasteiger partial charge < -0.3 is 0 Å². The summed E-state index contributed by atoms with van der Waals surface area (Å²) in [4.78, 5) is 0. The van der Waals surface area contributed by atoms with Gasteiger partial charge >= 0.3 is 146 Å². The molecule has 23 heavy (non-hydrogen) atoms. The Morgan fingerprint density at radius 2 is 1.43 bits per heavy atom. The van der Waals surface area contributed by atoms with Crippen LogP contribution >= 0.6 is 0 Å². The summed E-state index contributed by atoms with van der Waals surface area (Å²) >= 11 is -2.19. The molecule has 4 heteroatoms. The van der Waals surface area contributed by atoms with Gasteiger partial charge in [0.2, 0.25) is 0 Å². The second-order valence-electron chi connectivity index (χ2n) is 7.05. The molecule has 1 heterocycles. The monoisotopic (exact) mass is 423 g/mol. The van der Waals surface area contributed by atoms with Gasteiger partial charge in [0, 0.05) is 0 Å². The van der Waals surface area contributed by atoms with E-state index in [0.717, 1.165) is 5.52 Å². The van der Waals surface area contributed by atoms with Crippen molar-refractivity contribution < 1.29 is 0 Å². The van der Waals surface area contributed by atoms with Crippen molar-refractivity contribution in [3.8, 4) is 0 Å². The standard InChI is InChI=1S/C7H6N3.3C4H9.Sn/c1-10-7-5-3-2-4-6(7)8-9-10;3*1-3-4-2;/h2-5H,1H2;3*1,3-4H2,2H3;. The van der Waals surface area contributed by atoms with E-state index < -0.39 is 18.4 Å². The number of aromatic nitrogens is 3. The molecule has 3 nitrogen and oxygen atoms in total. The molecule has 2 rings (SSSR count). The van der Waals surface area contributed by atoms with Crippen LogP contribution in [0.3, 0.4) is 0 Å². The summed E-state index contributed by atoms with van der Waals surface area (Å²) in [6.45, 7) is 7.00. The molecule has 0 spiro atoms. The van der Waals surface area contributed by atoms with E-state index in [0.29, 0.717) is 0 Å². The summed E-state index contributed by atoms with van der Waals surface area (Å²) in [6, 6.07) is 8.44. The topological polar surface area (TPSA) is 30.7 Å². The molecule has 0 aliphatic heterocycles. The molecule has 0 aliphatic carbocycles. The van der Waals surface area contributed by atoms with Crippen LogP contribution in [0, 0.1) is 0 Å². The Labute approximate surface area is 145 Å². The number of nitrogens with zero attached hydrogens (tertiary/aromatic N) is 3. The fourth-order valence-electron chi connectivity index (χ4n) is 3.62. The molecular weight excluding hydrogens is 389 g/mol. The van der Waals surface area contributed by atoms with Gasteiger partial charge in [-0.1, -0.05) is 0 Å². The zero-order chi connectivity index (χ0) is 16.5. The first-order valence-electron chi connectivity index (χ1n) is 9.53. The van der Waals surface area contributed by atoms with E-state index in [1.807, 2.05) is 0 Å². The van der Waals surface area contributed by atoms with Crippen LogP contribution in [0.4, 0.5) is 0 Å². The SMILES string of the molecule is CCC[CH2][Sn]([CH2]CCC)([CH2]CCC)[CH2]n1nnc2ccccc21. The first-order chi connectivity index (χ1) is 11.2. The number of fused-ring (bicyclic) bond motifs is 1. The molecule has 0 bridgehead atoms. The number of para-hydroxylation sites is 1. The molecule has 0 aliphatic rings. The van der Waals surface area contributed by atoms with Crippen molar-refractivity contribution in [3.05, 3.63) is 24.3 Å². The summed E-state index contributed by atoms with van der Waals surface area (Å²) in [5, 5.41) is 8.91. The number of benzene rings is 1. The van der Waals surface area contributed by atoms with Crippen LogP contribution in [0.2, 0.25) is 13.3 Å². The van der Waals surface area contributed by atoms with Gasteiger partial charge in [0.15, 0.2) is 0 Å². The van der Waals surface area contributed by atoms with Crippen LogP contribution in [-0.4, -0.2) is 33.4 Å². The van der Waals surface area contributed by atoms with Gasteiger partial charge in [-0.25, -0.2) is 0 Å². The zero-order valence-corrected chi connectivity index (χ0v) is 18.1. The predicted molar refractivity (Wildman–Crippen MR) is 102 cm³/mol. The molecule has 1 aromatic heterocycles. The van der Waals surface area contributed by atoms with Crippen LogP contribution in [0.15, 0.2) is 24.3 Å². The Bertz CT molecular complexity index is 557. The van der Waals surface area contributed by atoms with Crippen LogP contribution in [0.5, 0.6) is 0 Å². The Morgan fingerprint density at radius 3 is 2.00 bits per heavy atom. The molecule has 128 valence electrons. The summed E-state index contributed by atoms with van der Waals surface area (Å²) in [6.07, 6.45) is 8.22. The molecule has 0 saturated heterocycles. The van der Waals surface area contributed by atoms with E-state index >= 15 is 0 Å². The van der Waals surface area contributed by atoms with E-state index in [4.69, 9.17) is 0 Å². The maximum atomic E-state index is 4.52. The number of rotatable bonds is 11. The minimum atomic E-state index is -2.19. The quantitative estimate of drug-likeness (QED) is 0.428. The molecule has 1 aromatic carbocycles. The van der Waals surface area contributed by atoms with E-state index in [9.17, 15) is 0 Å². The summed E-state index contributed by atoms with van der Waals surface area (Å²) in [5.41, 5.74) is 2.28. The molecule has 0 unspecified atom stereocenters. The van der Waals surface area contributed by atoms with Gasteiger partial charge in [0.1, 0.15) is 0 Å². The zero-order valence-electron chi connectivity index (χ0n) is 15.2. The third-order valence-corrected chi connectivity index (χ3v) is 20.0.